The molecule has 0 saturated carbocycles. The number of methoxy groups -OCH3 is 1. The molecule has 2 N–H and O–H groups in total. The van der Waals surface area contributed by atoms with Crippen molar-refractivity contribution in [3.8, 4) is 17.0 Å². The molecule has 3 aromatic heterocycles. The molecule has 0 aliphatic carbocycles. The Hall–Kier alpha value is -6.71. The van der Waals surface area contributed by atoms with Crippen LogP contribution >= 0.6 is 0 Å². The number of anilines is 2. The van der Waals surface area contributed by atoms with Crippen LogP contribution in [0.25, 0.3) is 16.8 Å². The summed E-state index contributed by atoms with van der Waals surface area (Å²) in [7, 11) is 1.22. The molecule has 1 unspecified atom stereocenters. The zero-order valence-corrected chi connectivity index (χ0v) is 33.0. The minimum atomic E-state index is -4.60. The first kappa shape index (κ1) is 41.9. The molecule has 0 bridgehead atoms. The molecule has 6 aromatic rings. The Labute approximate surface area is 338 Å². The summed E-state index contributed by atoms with van der Waals surface area (Å²) in [6.07, 6.45) is -3.58. The number of hydrogen-bond acceptors (Lipinski definition) is 10. The summed E-state index contributed by atoms with van der Waals surface area (Å²) in [5.41, 5.74) is 1.28. The van der Waals surface area contributed by atoms with Crippen molar-refractivity contribution in [2.24, 2.45) is 0 Å². The van der Waals surface area contributed by atoms with E-state index in [4.69, 9.17) is 19.2 Å². The summed E-state index contributed by atoms with van der Waals surface area (Å²) in [6.45, 7) is 7.39. The highest BCUT2D eigenvalue weighted by Gasteiger charge is 2.32. The van der Waals surface area contributed by atoms with Crippen LogP contribution in [0.4, 0.5) is 34.0 Å². The average Bonchev–Trinajstić information content (AvgIpc) is 3.62. The number of fused-ring (bicyclic) bond motifs is 1. The summed E-state index contributed by atoms with van der Waals surface area (Å²) in [4.78, 5) is 36.4. The zero-order chi connectivity index (χ0) is 42.3. The Balaban J connectivity index is 1.49. The first-order chi connectivity index (χ1) is 28.1. The predicted octanol–water partition coefficient (Wildman–Crippen LogP) is 8.85. The van der Waals surface area contributed by atoms with Crippen LogP contribution in [0.15, 0.2) is 103 Å². The van der Waals surface area contributed by atoms with E-state index in [-0.39, 0.29) is 41.6 Å². The number of aromatic nitrogens is 4. The molecule has 16 heteroatoms. The normalized spacial score (nSPS) is 12.2. The van der Waals surface area contributed by atoms with Gasteiger partial charge in [0.05, 0.1) is 37.2 Å². The van der Waals surface area contributed by atoms with Gasteiger partial charge in [0.25, 0.3) is 0 Å². The fraction of sp³-hybridized carbons (Fsp3) is 0.279. The molecule has 0 fully saturated rings. The van der Waals surface area contributed by atoms with Crippen LogP contribution in [0.5, 0.6) is 5.88 Å². The van der Waals surface area contributed by atoms with Gasteiger partial charge in [-0.2, -0.15) is 22.8 Å². The highest BCUT2D eigenvalue weighted by molar-refractivity contribution is 5.98. The van der Waals surface area contributed by atoms with E-state index in [1.807, 2.05) is 65.6 Å². The van der Waals surface area contributed by atoms with Crippen molar-refractivity contribution in [2.45, 2.75) is 65.2 Å². The van der Waals surface area contributed by atoms with Gasteiger partial charge in [-0.05, 0) is 62.6 Å². The summed E-state index contributed by atoms with van der Waals surface area (Å²) < 4.78 is 74.3. The van der Waals surface area contributed by atoms with E-state index in [0.29, 0.717) is 30.0 Å². The molecule has 12 nitrogen and oxygen atoms in total. The summed E-state index contributed by atoms with van der Waals surface area (Å²) in [5, 5.41) is 10.5. The fourth-order valence-electron chi connectivity index (χ4n) is 6.21. The Morgan fingerprint density at radius 2 is 1.53 bits per heavy atom. The van der Waals surface area contributed by atoms with Crippen molar-refractivity contribution in [1.82, 2.24) is 24.9 Å². The molecule has 3 aromatic carbocycles. The van der Waals surface area contributed by atoms with Gasteiger partial charge in [-0.1, -0.05) is 72.8 Å². The number of nitrogens with zero attached hydrogens (tertiary/aromatic N) is 5. The van der Waals surface area contributed by atoms with Gasteiger partial charge in [0.2, 0.25) is 5.88 Å². The lowest BCUT2D eigenvalue weighted by Crippen LogP contribution is -2.37. The molecule has 1 atom stereocenters. The maximum absolute atomic E-state index is 14.8. The number of halogens is 4. The number of alkyl carbamates (subject to hydrolysis) is 1. The smallest absolute Gasteiger partial charge is 0.416 e. The van der Waals surface area contributed by atoms with Crippen LogP contribution in [0.3, 0.4) is 0 Å². The number of carbonyl (C=O) groups is 2. The maximum Gasteiger partial charge on any atom is 0.416 e. The van der Waals surface area contributed by atoms with Gasteiger partial charge in [-0.25, -0.2) is 23.9 Å². The number of benzene rings is 3. The summed E-state index contributed by atoms with van der Waals surface area (Å²) in [6, 6.07) is 25.0. The van der Waals surface area contributed by atoms with Gasteiger partial charge in [0.15, 0.2) is 5.65 Å². The van der Waals surface area contributed by atoms with Crippen molar-refractivity contribution >= 4 is 29.3 Å². The Kier molecular flexibility index (Phi) is 12.7. The number of hydrogen-bond donors (Lipinski definition) is 2. The molecule has 0 spiro atoms. The highest BCUT2D eigenvalue weighted by Crippen LogP contribution is 2.41. The molecular formula is C43H43F4N7O5. The maximum atomic E-state index is 14.8. The molecule has 0 saturated heterocycles. The van der Waals surface area contributed by atoms with E-state index >= 15 is 0 Å². The van der Waals surface area contributed by atoms with Crippen LogP contribution in [0.1, 0.15) is 60.3 Å². The minimum Gasteiger partial charge on any atom is -0.473 e. The van der Waals surface area contributed by atoms with Gasteiger partial charge >= 0.3 is 18.2 Å². The molecule has 1 amide bonds. The predicted molar refractivity (Wildman–Crippen MR) is 213 cm³/mol. The molecule has 0 aliphatic heterocycles. The Morgan fingerprint density at radius 3 is 2.10 bits per heavy atom. The van der Waals surface area contributed by atoms with Crippen molar-refractivity contribution in [2.75, 3.05) is 23.9 Å². The quantitative estimate of drug-likeness (QED) is 0.0812. The summed E-state index contributed by atoms with van der Waals surface area (Å²) in [5.74, 6) is -0.830. The number of nitrogens with one attached hydrogen (secondary N) is 2. The number of ether oxygens (including phenoxy) is 3. The number of carbonyl (C=O) groups excluding carboxylic acids is 2. The van der Waals surface area contributed by atoms with E-state index in [0.717, 1.165) is 29.5 Å². The lowest BCUT2D eigenvalue weighted by molar-refractivity contribution is -0.137. The largest absolute Gasteiger partial charge is 0.473 e. The van der Waals surface area contributed by atoms with Crippen LogP contribution < -0.4 is 20.3 Å². The van der Waals surface area contributed by atoms with Crippen LogP contribution in [-0.2, 0) is 35.3 Å². The second-order valence-electron chi connectivity index (χ2n) is 14.6. The number of rotatable bonds is 14. The minimum absolute atomic E-state index is 0.0258. The third-order valence-electron chi connectivity index (χ3n) is 8.84. The van der Waals surface area contributed by atoms with Crippen LogP contribution in [0.2, 0.25) is 0 Å². The van der Waals surface area contributed by atoms with Crippen molar-refractivity contribution in [3.05, 3.63) is 137 Å². The third-order valence-corrected chi connectivity index (χ3v) is 8.84. The van der Waals surface area contributed by atoms with Crippen molar-refractivity contribution in [1.29, 1.82) is 0 Å². The lowest BCUT2D eigenvalue weighted by Gasteiger charge is -2.29. The lowest BCUT2D eigenvalue weighted by atomic mass is 10.0. The second-order valence-corrected chi connectivity index (χ2v) is 14.6. The van der Waals surface area contributed by atoms with E-state index in [2.05, 4.69) is 20.7 Å². The highest BCUT2D eigenvalue weighted by atomic mass is 19.4. The molecule has 308 valence electrons. The molecule has 59 heavy (non-hydrogen) atoms. The average molecular weight is 814 g/mol. The van der Waals surface area contributed by atoms with Gasteiger partial charge in [0.1, 0.15) is 34.7 Å². The number of pyridine rings is 1. The van der Waals surface area contributed by atoms with E-state index in [9.17, 15) is 27.2 Å². The summed E-state index contributed by atoms with van der Waals surface area (Å²) >= 11 is 0. The van der Waals surface area contributed by atoms with Gasteiger partial charge in [-0.3, -0.25) is 0 Å². The fourth-order valence-corrected chi connectivity index (χ4v) is 6.21. The number of amides is 1. The Bertz CT molecular complexity index is 2350. The first-order valence-corrected chi connectivity index (χ1v) is 18.6. The van der Waals surface area contributed by atoms with Crippen molar-refractivity contribution in [3.63, 3.8) is 0 Å². The van der Waals surface area contributed by atoms with E-state index in [1.54, 1.807) is 27.7 Å². The van der Waals surface area contributed by atoms with E-state index in [1.165, 1.54) is 36.0 Å². The van der Waals surface area contributed by atoms with E-state index < -0.39 is 41.3 Å². The molecule has 0 aliphatic rings. The Morgan fingerprint density at radius 1 is 0.898 bits per heavy atom. The second kappa shape index (κ2) is 17.8. The standard InChI is InChI=1S/C43H43F4N7O5/c1-27(21-50-41(56)59-42(2,3)4)58-38-31(20-33(44)23-49-38)22-48-36-35(30-16-18-32(19-17-30)43(45,46)47)39(54-37(52-36)34(24-51-54)40(55)57-5)53(25-28-12-8-6-9-13-28)26-29-14-10-7-11-15-29/h6-20,23-24,27H,21-22,25-26H2,1-5H3,(H,48,52)(H,50,56). The van der Waals surface area contributed by atoms with Crippen LogP contribution in [0, 0.1) is 5.82 Å². The monoisotopic (exact) mass is 813 g/mol. The van der Waals surface area contributed by atoms with Gasteiger partial charge < -0.3 is 29.7 Å². The van der Waals surface area contributed by atoms with Crippen molar-refractivity contribution < 1.29 is 41.4 Å². The third kappa shape index (κ3) is 10.6. The SMILES string of the molecule is COC(=O)c1cnn2c(N(Cc3ccccc3)Cc3ccccc3)c(-c3ccc(C(F)(F)F)cc3)c(NCc3cc(F)cnc3OC(C)CNC(=O)OC(C)(C)C)nc12. The van der Waals surface area contributed by atoms with Crippen LogP contribution in [-0.4, -0.2) is 57.0 Å². The zero-order valence-electron chi connectivity index (χ0n) is 33.0. The molecule has 0 radical (unpaired) electrons. The number of esters is 1. The first-order valence-electron chi connectivity index (χ1n) is 18.6. The van der Waals surface area contributed by atoms with Gasteiger partial charge in [-0.15, -0.1) is 0 Å². The molecule has 6 rings (SSSR count). The topological polar surface area (TPSA) is 132 Å². The number of alkyl halides is 3. The molecular weight excluding hydrogens is 771 g/mol. The van der Waals surface area contributed by atoms with Gasteiger partial charge in [0, 0.05) is 25.2 Å². The molecule has 3 heterocycles.